The normalized spacial score (nSPS) is 15.8. The highest BCUT2D eigenvalue weighted by atomic mass is 16.3. The van der Waals surface area contributed by atoms with Gasteiger partial charge in [-0.05, 0) is 63.6 Å². The molecule has 0 atom stereocenters. The maximum absolute atomic E-state index is 10.1. The van der Waals surface area contributed by atoms with Crippen molar-refractivity contribution >= 4 is 5.96 Å². The number of hydrogen-bond acceptors (Lipinski definition) is 2. The van der Waals surface area contributed by atoms with Crippen LogP contribution in [0.5, 0.6) is 5.75 Å². The van der Waals surface area contributed by atoms with Crippen LogP contribution in [0.2, 0.25) is 0 Å². The molecule has 2 rings (SSSR count). The smallest absolute Gasteiger partial charge is 0.189 e. The van der Waals surface area contributed by atoms with Crippen molar-refractivity contribution in [2.45, 2.75) is 58.5 Å². The molecule has 0 heterocycles. The lowest BCUT2D eigenvalue weighted by Crippen LogP contribution is -2.45. The number of nitrogens with two attached hydrogens (primary N) is 1. The molecule has 4 N–H and O–H groups in total. The molecule has 110 valence electrons. The molecule has 0 fully saturated rings. The third-order valence-corrected chi connectivity index (χ3v) is 3.54. The molecule has 1 aliphatic rings. The second-order valence-electron chi connectivity index (χ2n) is 6.48. The van der Waals surface area contributed by atoms with Crippen molar-refractivity contribution in [3.05, 3.63) is 28.8 Å². The van der Waals surface area contributed by atoms with Crippen LogP contribution in [0.4, 0.5) is 0 Å². The minimum atomic E-state index is -0.105. The van der Waals surface area contributed by atoms with Crippen molar-refractivity contribution in [3.8, 4) is 5.75 Å². The lowest BCUT2D eigenvalue weighted by atomic mass is 9.88. The van der Waals surface area contributed by atoms with Crippen molar-refractivity contribution in [1.29, 1.82) is 0 Å². The molecule has 1 aromatic rings. The minimum Gasteiger partial charge on any atom is -0.508 e. The molecule has 4 heteroatoms. The topological polar surface area (TPSA) is 70.6 Å². The standard InChI is InChI=1S/C16H25N3O/c1-16(2,3)19-15(17)18-10-13-12-7-5-4-6-11(12)8-9-14(13)20/h8-9,20H,4-7,10H2,1-3H3,(H3,17,18,19). The molecule has 0 radical (unpaired) electrons. The zero-order valence-corrected chi connectivity index (χ0v) is 12.7. The SMILES string of the molecule is CC(C)(C)NC(N)=NCc1c(O)ccc2c1CCCC2. The summed E-state index contributed by atoms with van der Waals surface area (Å²) in [7, 11) is 0. The average molecular weight is 275 g/mol. The number of nitrogens with zero attached hydrogens (tertiary/aromatic N) is 1. The number of benzene rings is 1. The van der Waals surface area contributed by atoms with Crippen LogP contribution < -0.4 is 11.1 Å². The van der Waals surface area contributed by atoms with Crippen molar-refractivity contribution < 1.29 is 5.11 Å². The van der Waals surface area contributed by atoms with Gasteiger partial charge in [-0.1, -0.05) is 6.07 Å². The van der Waals surface area contributed by atoms with Gasteiger partial charge in [-0.2, -0.15) is 0 Å². The van der Waals surface area contributed by atoms with Gasteiger partial charge in [0.1, 0.15) is 5.75 Å². The molecule has 1 aromatic carbocycles. The molecular formula is C16H25N3O. The Balaban J connectivity index is 2.19. The van der Waals surface area contributed by atoms with Gasteiger partial charge in [-0.15, -0.1) is 0 Å². The lowest BCUT2D eigenvalue weighted by molar-refractivity contribution is 0.465. The maximum Gasteiger partial charge on any atom is 0.189 e. The Morgan fingerprint density at radius 3 is 2.70 bits per heavy atom. The summed E-state index contributed by atoms with van der Waals surface area (Å²) in [6, 6.07) is 3.82. The first-order valence-corrected chi connectivity index (χ1v) is 7.27. The Morgan fingerprint density at radius 1 is 1.30 bits per heavy atom. The summed E-state index contributed by atoms with van der Waals surface area (Å²) in [4.78, 5) is 4.37. The molecule has 4 nitrogen and oxygen atoms in total. The van der Waals surface area contributed by atoms with E-state index in [4.69, 9.17) is 5.73 Å². The summed E-state index contributed by atoms with van der Waals surface area (Å²) in [5, 5.41) is 13.2. The van der Waals surface area contributed by atoms with Crippen LogP contribution in [0.3, 0.4) is 0 Å². The number of fused-ring (bicyclic) bond motifs is 1. The molecular weight excluding hydrogens is 250 g/mol. The molecule has 0 aromatic heterocycles. The first-order chi connectivity index (χ1) is 9.37. The van der Waals surface area contributed by atoms with Gasteiger partial charge in [-0.25, -0.2) is 4.99 Å². The summed E-state index contributed by atoms with van der Waals surface area (Å²) >= 11 is 0. The number of hydrogen-bond donors (Lipinski definition) is 3. The van der Waals surface area contributed by atoms with Gasteiger partial charge in [0, 0.05) is 11.1 Å². The Bertz CT molecular complexity index is 515. The first kappa shape index (κ1) is 14.7. The van der Waals surface area contributed by atoms with E-state index in [0.717, 1.165) is 18.4 Å². The summed E-state index contributed by atoms with van der Waals surface area (Å²) in [6.45, 7) is 6.55. The number of guanidine groups is 1. The predicted molar refractivity (Wildman–Crippen MR) is 83.0 cm³/mol. The molecule has 0 saturated carbocycles. The van der Waals surface area contributed by atoms with Crippen molar-refractivity contribution in [2.24, 2.45) is 10.7 Å². The van der Waals surface area contributed by atoms with E-state index in [1.54, 1.807) is 6.07 Å². The second kappa shape index (κ2) is 5.73. The van der Waals surface area contributed by atoms with Crippen molar-refractivity contribution in [2.75, 3.05) is 0 Å². The Labute approximate surface area is 121 Å². The summed E-state index contributed by atoms with van der Waals surface area (Å²) < 4.78 is 0. The van der Waals surface area contributed by atoms with E-state index in [-0.39, 0.29) is 5.54 Å². The molecule has 0 aliphatic heterocycles. The molecule has 0 spiro atoms. The Kier molecular flexibility index (Phi) is 4.21. The number of aromatic hydroxyl groups is 1. The summed E-state index contributed by atoms with van der Waals surface area (Å²) in [6.07, 6.45) is 4.54. The third kappa shape index (κ3) is 3.65. The third-order valence-electron chi connectivity index (χ3n) is 3.54. The van der Waals surface area contributed by atoms with Crippen LogP contribution in [0.15, 0.2) is 17.1 Å². The summed E-state index contributed by atoms with van der Waals surface area (Å²) in [5.41, 5.74) is 9.33. The fourth-order valence-corrected chi connectivity index (χ4v) is 2.66. The van der Waals surface area contributed by atoms with E-state index in [9.17, 15) is 5.11 Å². The highest BCUT2D eigenvalue weighted by Gasteiger charge is 2.16. The quantitative estimate of drug-likeness (QED) is 0.573. The molecule has 0 unspecified atom stereocenters. The van der Waals surface area contributed by atoms with Crippen LogP contribution in [0.1, 0.15) is 50.3 Å². The number of aryl methyl sites for hydroxylation is 1. The highest BCUT2D eigenvalue weighted by molar-refractivity contribution is 5.78. The van der Waals surface area contributed by atoms with Crippen LogP contribution in [0, 0.1) is 0 Å². The van der Waals surface area contributed by atoms with E-state index in [2.05, 4.69) is 10.3 Å². The number of rotatable bonds is 2. The number of phenolic OH excluding ortho intramolecular Hbond substituents is 1. The predicted octanol–water partition coefficient (Wildman–Crippen LogP) is 2.47. The van der Waals surface area contributed by atoms with E-state index >= 15 is 0 Å². The number of phenols is 1. The molecule has 20 heavy (non-hydrogen) atoms. The van der Waals surface area contributed by atoms with E-state index in [0.29, 0.717) is 18.3 Å². The number of nitrogens with one attached hydrogen (secondary N) is 1. The zero-order valence-electron chi connectivity index (χ0n) is 12.7. The van der Waals surface area contributed by atoms with Gasteiger partial charge in [0.25, 0.3) is 0 Å². The Morgan fingerprint density at radius 2 is 2.00 bits per heavy atom. The highest BCUT2D eigenvalue weighted by Crippen LogP contribution is 2.30. The average Bonchev–Trinajstić information content (AvgIpc) is 2.35. The maximum atomic E-state index is 10.1. The summed E-state index contributed by atoms with van der Waals surface area (Å²) in [5.74, 6) is 0.753. The van der Waals surface area contributed by atoms with Crippen LogP contribution >= 0.6 is 0 Å². The molecule has 1 aliphatic carbocycles. The lowest BCUT2D eigenvalue weighted by Gasteiger charge is -2.22. The van der Waals surface area contributed by atoms with Gasteiger partial charge in [0.2, 0.25) is 0 Å². The number of aliphatic imine (C=N–C) groups is 1. The van der Waals surface area contributed by atoms with Crippen LogP contribution in [0.25, 0.3) is 0 Å². The second-order valence-corrected chi connectivity index (χ2v) is 6.48. The fourth-order valence-electron chi connectivity index (χ4n) is 2.66. The van der Waals surface area contributed by atoms with Crippen LogP contribution in [-0.2, 0) is 19.4 Å². The minimum absolute atomic E-state index is 0.105. The van der Waals surface area contributed by atoms with Crippen LogP contribution in [-0.4, -0.2) is 16.6 Å². The Hall–Kier alpha value is -1.71. The van der Waals surface area contributed by atoms with E-state index < -0.39 is 0 Å². The van der Waals surface area contributed by atoms with Crippen molar-refractivity contribution in [1.82, 2.24) is 5.32 Å². The first-order valence-electron chi connectivity index (χ1n) is 7.27. The van der Waals surface area contributed by atoms with Gasteiger partial charge in [0.15, 0.2) is 5.96 Å². The van der Waals surface area contributed by atoms with Gasteiger partial charge < -0.3 is 16.2 Å². The van der Waals surface area contributed by atoms with E-state index in [1.807, 2.05) is 26.8 Å². The van der Waals surface area contributed by atoms with Gasteiger partial charge in [-0.3, -0.25) is 0 Å². The largest absolute Gasteiger partial charge is 0.508 e. The zero-order chi connectivity index (χ0) is 14.8. The fraction of sp³-hybridized carbons (Fsp3) is 0.562. The molecule has 0 amide bonds. The molecule has 0 saturated heterocycles. The molecule has 0 bridgehead atoms. The van der Waals surface area contributed by atoms with Gasteiger partial charge >= 0.3 is 0 Å². The van der Waals surface area contributed by atoms with E-state index in [1.165, 1.54) is 24.0 Å². The van der Waals surface area contributed by atoms with Gasteiger partial charge in [0.05, 0.1) is 6.54 Å². The van der Waals surface area contributed by atoms with Crippen molar-refractivity contribution in [3.63, 3.8) is 0 Å². The monoisotopic (exact) mass is 275 g/mol.